The molecule has 4 N–H and O–H groups in total. The van der Waals surface area contributed by atoms with Crippen LogP contribution in [0.5, 0.6) is 0 Å². The normalized spacial score (nSPS) is 13.3. The van der Waals surface area contributed by atoms with Crippen LogP contribution in [-0.2, 0) is 11.3 Å². The number of anilines is 3. The van der Waals surface area contributed by atoms with Gasteiger partial charge in [0.2, 0.25) is 11.9 Å². The minimum atomic E-state index is 0.121. The molecule has 4 heterocycles. The lowest BCUT2D eigenvalue weighted by Gasteiger charge is -2.13. The second-order valence-electron chi connectivity index (χ2n) is 12.2. The number of carbonyl (C=O) groups is 1. The van der Waals surface area contributed by atoms with Crippen LogP contribution < -0.4 is 25.8 Å². The summed E-state index contributed by atoms with van der Waals surface area (Å²) in [5.41, 5.74) is 11.1. The molecule has 0 aliphatic carbocycles. The van der Waals surface area contributed by atoms with Crippen LogP contribution in [0.25, 0.3) is 17.2 Å². The summed E-state index contributed by atoms with van der Waals surface area (Å²) in [6.45, 7) is 6.11. The number of nitrogens with zero attached hydrogens (tertiary/aromatic N) is 6. The standard InChI is InChI=1S/C36H47N9OS/c1-26-27(2)41-35-33(40-26)34(42-36(37)43-35)39-21-14-20-38-31(46)17-10-8-6-4-5-7-9-13-22-45-23-18-28(19-24-45)25-32-44(3)29-15-11-12-16-30(29)47-32/h11-12,15-16,18-19,23-25H,4-10,13-14,17,20-22H2,1-3H3,(H3-,37,38,39,41,42,43,46)/p+1. The summed E-state index contributed by atoms with van der Waals surface area (Å²) in [5, 5.41) is 7.55. The zero-order chi connectivity index (χ0) is 33.0. The number of aromatic nitrogens is 5. The maximum Gasteiger partial charge on any atom is 0.224 e. The molecule has 3 aromatic heterocycles. The monoisotopic (exact) mass is 654 g/mol. The van der Waals surface area contributed by atoms with E-state index in [1.165, 1.54) is 59.7 Å². The van der Waals surface area contributed by atoms with Crippen LogP contribution in [0.2, 0.25) is 0 Å². The SMILES string of the molecule is Cc1nc2nc(N)nc(NCCCNC(=O)CCCCCCCCCC[n+]3ccc(C=C4Sc5ccccc5N4C)cc3)c2nc1C. The lowest BCUT2D eigenvalue weighted by Crippen LogP contribution is -2.32. The molecule has 10 nitrogen and oxygen atoms in total. The van der Waals surface area contributed by atoms with Gasteiger partial charge in [-0.15, -0.1) is 0 Å². The summed E-state index contributed by atoms with van der Waals surface area (Å²) in [5.74, 6) is 0.859. The lowest BCUT2D eigenvalue weighted by atomic mass is 10.1. The molecule has 1 aliphatic heterocycles. The number of para-hydroxylation sites is 1. The van der Waals surface area contributed by atoms with Gasteiger partial charge in [0, 0.05) is 50.0 Å². The molecule has 1 amide bonds. The summed E-state index contributed by atoms with van der Waals surface area (Å²) in [6, 6.07) is 13.0. The Bertz CT molecular complexity index is 1680. The number of pyridine rings is 1. The van der Waals surface area contributed by atoms with E-state index in [9.17, 15) is 4.79 Å². The Balaban J connectivity index is 0.858. The Kier molecular flexibility index (Phi) is 12.4. The van der Waals surface area contributed by atoms with E-state index in [2.05, 4.69) is 102 Å². The van der Waals surface area contributed by atoms with E-state index in [0.717, 1.165) is 37.2 Å². The molecule has 11 heteroatoms. The van der Waals surface area contributed by atoms with E-state index < -0.39 is 0 Å². The number of aryl methyl sites for hydroxylation is 3. The van der Waals surface area contributed by atoms with Gasteiger partial charge in [0.1, 0.15) is 6.54 Å². The predicted molar refractivity (Wildman–Crippen MR) is 192 cm³/mol. The fourth-order valence-corrected chi connectivity index (χ4v) is 6.72. The Morgan fingerprint density at radius 1 is 0.872 bits per heavy atom. The van der Waals surface area contributed by atoms with Crippen molar-refractivity contribution in [1.82, 2.24) is 25.3 Å². The molecule has 0 atom stereocenters. The number of nitrogens with two attached hydrogens (primary N) is 1. The number of benzene rings is 1. The van der Waals surface area contributed by atoms with E-state index in [4.69, 9.17) is 5.73 Å². The van der Waals surface area contributed by atoms with Crippen LogP contribution in [0.1, 0.15) is 81.2 Å². The molecule has 5 rings (SSSR count). The van der Waals surface area contributed by atoms with E-state index >= 15 is 0 Å². The zero-order valence-electron chi connectivity index (χ0n) is 28.0. The molecule has 0 spiro atoms. The lowest BCUT2D eigenvalue weighted by molar-refractivity contribution is -0.697. The van der Waals surface area contributed by atoms with Gasteiger partial charge in [0.05, 0.1) is 22.1 Å². The molecule has 0 radical (unpaired) electrons. The number of fused-ring (bicyclic) bond motifs is 2. The third-order valence-corrected chi connectivity index (χ3v) is 9.64. The van der Waals surface area contributed by atoms with Gasteiger partial charge in [-0.3, -0.25) is 4.79 Å². The number of nitrogens with one attached hydrogen (secondary N) is 2. The van der Waals surface area contributed by atoms with E-state index in [1.54, 1.807) is 0 Å². The summed E-state index contributed by atoms with van der Waals surface area (Å²) in [7, 11) is 2.13. The Hall–Kier alpha value is -4.25. The second-order valence-corrected chi connectivity index (χ2v) is 13.2. The van der Waals surface area contributed by atoms with Crippen molar-refractivity contribution >= 4 is 52.4 Å². The number of rotatable bonds is 17. The highest BCUT2D eigenvalue weighted by Gasteiger charge is 2.21. The molecule has 4 aromatic rings. The predicted octanol–water partition coefficient (Wildman–Crippen LogP) is 6.58. The van der Waals surface area contributed by atoms with Gasteiger partial charge in [-0.2, -0.15) is 9.97 Å². The van der Waals surface area contributed by atoms with Crippen LogP contribution in [0.15, 0.2) is 58.7 Å². The first kappa shape index (κ1) is 34.1. The highest BCUT2D eigenvalue weighted by atomic mass is 32.2. The molecular formula is C36H48N9OS+. The Morgan fingerprint density at radius 2 is 1.57 bits per heavy atom. The molecule has 47 heavy (non-hydrogen) atoms. The van der Waals surface area contributed by atoms with E-state index in [1.807, 2.05) is 25.6 Å². The first-order chi connectivity index (χ1) is 22.9. The molecule has 248 valence electrons. The molecule has 0 saturated heterocycles. The highest BCUT2D eigenvalue weighted by molar-refractivity contribution is 8.03. The number of hydrogen-bond donors (Lipinski definition) is 3. The van der Waals surface area contributed by atoms with Crippen LogP contribution in [0, 0.1) is 13.8 Å². The first-order valence-electron chi connectivity index (χ1n) is 16.9. The molecule has 1 aliphatic rings. The van der Waals surface area contributed by atoms with Crippen molar-refractivity contribution < 1.29 is 9.36 Å². The zero-order valence-corrected chi connectivity index (χ0v) is 28.8. The number of unbranched alkanes of at least 4 members (excludes halogenated alkanes) is 7. The first-order valence-corrected chi connectivity index (χ1v) is 17.7. The van der Waals surface area contributed by atoms with Crippen molar-refractivity contribution in [3.8, 4) is 0 Å². The summed E-state index contributed by atoms with van der Waals surface area (Å²) >= 11 is 1.83. The third kappa shape index (κ3) is 9.87. The number of amides is 1. The minimum absolute atomic E-state index is 0.121. The molecule has 0 unspecified atom stereocenters. The van der Waals surface area contributed by atoms with Crippen molar-refractivity contribution in [2.45, 2.75) is 89.5 Å². The van der Waals surface area contributed by atoms with Gasteiger partial charge in [0.15, 0.2) is 29.4 Å². The highest BCUT2D eigenvalue weighted by Crippen LogP contribution is 2.45. The van der Waals surface area contributed by atoms with Crippen molar-refractivity contribution in [3.63, 3.8) is 0 Å². The van der Waals surface area contributed by atoms with Gasteiger partial charge in [0.25, 0.3) is 0 Å². The number of hydrogen-bond acceptors (Lipinski definition) is 9. The molecular weight excluding hydrogens is 607 g/mol. The van der Waals surface area contributed by atoms with Crippen LogP contribution in [0.3, 0.4) is 0 Å². The fraction of sp³-hybridized carbons (Fsp3) is 0.444. The molecule has 1 aromatic carbocycles. The fourth-order valence-electron chi connectivity index (χ4n) is 5.61. The maximum absolute atomic E-state index is 12.2. The molecule has 0 bridgehead atoms. The van der Waals surface area contributed by atoms with Crippen molar-refractivity contribution in [1.29, 1.82) is 0 Å². The van der Waals surface area contributed by atoms with Crippen LogP contribution >= 0.6 is 11.8 Å². The van der Waals surface area contributed by atoms with Gasteiger partial charge < -0.3 is 21.3 Å². The second kappa shape index (κ2) is 17.1. The topological polar surface area (TPSA) is 126 Å². The van der Waals surface area contributed by atoms with Crippen molar-refractivity contribution in [2.24, 2.45) is 0 Å². The Labute approximate surface area is 282 Å². The summed E-state index contributed by atoms with van der Waals surface area (Å²) in [4.78, 5) is 33.3. The van der Waals surface area contributed by atoms with Crippen LogP contribution in [-0.4, -0.2) is 46.0 Å². The smallest absolute Gasteiger partial charge is 0.224 e. The molecule has 0 saturated carbocycles. The summed E-state index contributed by atoms with van der Waals surface area (Å²) < 4.78 is 2.29. The van der Waals surface area contributed by atoms with Crippen molar-refractivity contribution in [2.75, 3.05) is 36.1 Å². The quantitative estimate of drug-likeness (QED) is 0.0856. The minimum Gasteiger partial charge on any atom is -0.368 e. The number of carbonyl (C=O) groups excluding carboxylic acids is 1. The van der Waals surface area contributed by atoms with Crippen molar-refractivity contribution in [3.05, 3.63) is 70.8 Å². The largest absolute Gasteiger partial charge is 0.368 e. The third-order valence-electron chi connectivity index (χ3n) is 8.48. The van der Waals surface area contributed by atoms with E-state index in [0.29, 0.717) is 36.5 Å². The number of nitrogen functional groups attached to an aromatic ring is 1. The van der Waals surface area contributed by atoms with Crippen LogP contribution in [0.4, 0.5) is 17.5 Å². The van der Waals surface area contributed by atoms with Gasteiger partial charge in [-0.25, -0.2) is 14.5 Å². The number of thioether (sulfide) groups is 1. The molecule has 0 fully saturated rings. The average molecular weight is 655 g/mol. The van der Waals surface area contributed by atoms with E-state index in [-0.39, 0.29) is 11.9 Å². The van der Waals surface area contributed by atoms with Gasteiger partial charge >= 0.3 is 0 Å². The maximum atomic E-state index is 12.2. The average Bonchev–Trinajstić information content (AvgIpc) is 3.37. The Morgan fingerprint density at radius 3 is 2.34 bits per heavy atom. The summed E-state index contributed by atoms with van der Waals surface area (Å²) in [6.07, 6.45) is 17.5. The van der Waals surface area contributed by atoms with Gasteiger partial charge in [-0.1, -0.05) is 56.0 Å². The van der Waals surface area contributed by atoms with Gasteiger partial charge in [-0.05, 0) is 56.9 Å².